The third-order valence-electron chi connectivity index (χ3n) is 6.06. The van der Waals surface area contributed by atoms with Crippen molar-refractivity contribution in [2.24, 2.45) is 0 Å². The lowest BCUT2D eigenvalue weighted by atomic mass is 10.0. The van der Waals surface area contributed by atoms with E-state index in [9.17, 15) is 5.11 Å². The minimum absolute atomic E-state index is 0.312. The number of nitrogens with zero attached hydrogens (tertiary/aromatic N) is 3. The molecule has 0 bridgehead atoms. The van der Waals surface area contributed by atoms with Gasteiger partial charge in [0.1, 0.15) is 11.6 Å². The molecule has 0 amide bonds. The van der Waals surface area contributed by atoms with E-state index in [-0.39, 0.29) is 0 Å². The maximum atomic E-state index is 9.41. The molecular weight excluding hydrogens is 394 g/mol. The predicted octanol–water partition coefficient (Wildman–Crippen LogP) is 6.08. The first-order valence-electron chi connectivity index (χ1n) is 12.1. The Bertz CT molecular complexity index is 935. The number of phenolic OH excluding ortho intramolecular Hbond substituents is 1. The summed E-state index contributed by atoms with van der Waals surface area (Å²) in [4.78, 5) is 11.8. The molecule has 0 aliphatic heterocycles. The average Bonchev–Trinajstić information content (AvgIpc) is 2.83. The summed E-state index contributed by atoms with van der Waals surface area (Å²) in [5.41, 5.74) is 4.79. The summed E-state index contributed by atoms with van der Waals surface area (Å²) in [5.74, 6) is 1.20. The molecule has 3 rings (SSSR count). The highest BCUT2D eigenvalue weighted by Crippen LogP contribution is 2.20. The number of aromatic hydroxyl groups is 1. The molecule has 0 saturated heterocycles. The van der Waals surface area contributed by atoms with Gasteiger partial charge in [0.2, 0.25) is 0 Å². The lowest BCUT2D eigenvalue weighted by molar-refractivity contribution is 0.296. The van der Waals surface area contributed by atoms with Crippen LogP contribution in [0.2, 0.25) is 0 Å². The Hall–Kier alpha value is -2.72. The Kier molecular flexibility index (Phi) is 9.70. The van der Waals surface area contributed by atoms with Crippen LogP contribution in [0, 0.1) is 0 Å². The second kappa shape index (κ2) is 13.0. The maximum absolute atomic E-state index is 9.41. The van der Waals surface area contributed by atoms with E-state index in [1.54, 1.807) is 12.1 Å². The molecule has 0 aliphatic rings. The monoisotopic (exact) mass is 431 g/mol. The first-order chi connectivity index (χ1) is 15.7. The van der Waals surface area contributed by atoms with Crippen molar-refractivity contribution in [3.63, 3.8) is 0 Å². The molecule has 0 radical (unpaired) electrons. The van der Waals surface area contributed by atoms with Gasteiger partial charge in [-0.2, -0.15) is 0 Å². The largest absolute Gasteiger partial charge is 0.508 e. The van der Waals surface area contributed by atoms with Crippen molar-refractivity contribution in [1.29, 1.82) is 0 Å². The van der Waals surface area contributed by atoms with Crippen LogP contribution in [0.1, 0.15) is 56.5 Å². The van der Waals surface area contributed by atoms with E-state index >= 15 is 0 Å². The molecule has 4 nitrogen and oxygen atoms in total. The van der Waals surface area contributed by atoms with Crippen LogP contribution >= 0.6 is 0 Å². The second-order valence-electron chi connectivity index (χ2n) is 8.42. The van der Waals surface area contributed by atoms with Crippen LogP contribution in [0.5, 0.6) is 5.75 Å². The van der Waals surface area contributed by atoms with Crippen molar-refractivity contribution in [1.82, 2.24) is 14.9 Å². The van der Waals surface area contributed by atoms with Gasteiger partial charge >= 0.3 is 0 Å². The third kappa shape index (κ3) is 7.76. The summed E-state index contributed by atoms with van der Waals surface area (Å²) in [6.45, 7) is 7.99. The fourth-order valence-electron chi connectivity index (χ4n) is 4.06. The van der Waals surface area contributed by atoms with Crippen molar-refractivity contribution in [3.05, 3.63) is 77.7 Å². The van der Waals surface area contributed by atoms with E-state index < -0.39 is 0 Å². The molecule has 0 atom stereocenters. The number of unbranched alkanes of at least 4 members (excludes halogenated alkanes) is 2. The number of aromatic nitrogens is 2. The molecule has 1 aromatic heterocycles. The predicted molar refractivity (Wildman–Crippen MR) is 133 cm³/mol. The number of hydrogen-bond acceptors (Lipinski definition) is 4. The Morgan fingerprint density at radius 1 is 0.781 bits per heavy atom. The van der Waals surface area contributed by atoms with Crippen molar-refractivity contribution in [3.8, 4) is 17.0 Å². The molecule has 2 aromatic carbocycles. The lowest BCUT2D eigenvalue weighted by Gasteiger charge is -2.17. The molecule has 0 saturated carbocycles. The Balaban J connectivity index is 1.50. The van der Waals surface area contributed by atoms with Gasteiger partial charge in [0.15, 0.2) is 0 Å². The van der Waals surface area contributed by atoms with Gasteiger partial charge in [-0.3, -0.25) is 0 Å². The van der Waals surface area contributed by atoms with E-state index in [4.69, 9.17) is 4.98 Å². The number of hydrogen-bond donors (Lipinski definition) is 1. The van der Waals surface area contributed by atoms with E-state index in [2.05, 4.69) is 48.0 Å². The molecule has 32 heavy (non-hydrogen) atoms. The normalized spacial score (nSPS) is 11.2. The first-order valence-corrected chi connectivity index (χ1v) is 12.1. The van der Waals surface area contributed by atoms with Crippen LogP contribution in [-0.2, 0) is 19.3 Å². The van der Waals surface area contributed by atoms with Crippen molar-refractivity contribution in [2.45, 2.75) is 58.8 Å². The van der Waals surface area contributed by atoms with Gasteiger partial charge in [-0.25, -0.2) is 9.97 Å². The third-order valence-corrected chi connectivity index (χ3v) is 6.06. The van der Waals surface area contributed by atoms with E-state index in [0.29, 0.717) is 5.75 Å². The Morgan fingerprint density at radius 2 is 1.56 bits per heavy atom. The summed E-state index contributed by atoms with van der Waals surface area (Å²) in [6.07, 6.45) is 9.58. The summed E-state index contributed by atoms with van der Waals surface area (Å²) >= 11 is 0. The van der Waals surface area contributed by atoms with Crippen LogP contribution < -0.4 is 0 Å². The topological polar surface area (TPSA) is 49.2 Å². The average molecular weight is 432 g/mol. The maximum Gasteiger partial charge on any atom is 0.128 e. The van der Waals surface area contributed by atoms with Crippen LogP contribution in [0.15, 0.2) is 60.8 Å². The van der Waals surface area contributed by atoms with Crippen molar-refractivity contribution < 1.29 is 5.11 Å². The van der Waals surface area contributed by atoms with Crippen LogP contribution in [0.25, 0.3) is 11.3 Å². The molecule has 4 heteroatoms. The summed E-state index contributed by atoms with van der Waals surface area (Å²) < 4.78 is 0. The second-order valence-corrected chi connectivity index (χ2v) is 8.42. The molecule has 0 spiro atoms. The number of benzene rings is 2. The summed E-state index contributed by atoms with van der Waals surface area (Å²) in [5, 5.41) is 9.41. The zero-order chi connectivity index (χ0) is 22.6. The lowest BCUT2D eigenvalue weighted by Crippen LogP contribution is -2.23. The summed E-state index contributed by atoms with van der Waals surface area (Å²) in [6, 6.07) is 18.2. The van der Waals surface area contributed by atoms with Gasteiger partial charge in [0.05, 0.1) is 5.69 Å². The smallest absolute Gasteiger partial charge is 0.128 e. The zero-order valence-electron chi connectivity index (χ0n) is 19.6. The molecule has 0 fully saturated rings. The van der Waals surface area contributed by atoms with E-state index in [1.807, 2.05) is 24.4 Å². The number of aryl methyl sites for hydroxylation is 3. The standard InChI is InChI=1S/C28H37N3O/c1-3-31(4-2)21-7-5-6-10-24-12-8-13-25(22-24)27-19-20-29-28(30-27)14-9-11-23-15-17-26(32)18-16-23/h8,12-13,15-20,22,32H,3-7,9-11,14,21H2,1-2H3. The van der Waals surface area contributed by atoms with Gasteiger partial charge < -0.3 is 10.0 Å². The number of phenols is 1. The van der Waals surface area contributed by atoms with Gasteiger partial charge in [-0.1, -0.05) is 50.6 Å². The molecule has 0 unspecified atom stereocenters. The molecular formula is C28H37N3O. The Morgan fingerprint density at radius 3 is 2.34 bits per heavy atom. The van der Waals surface area contributed by atoms with Gasteiger partial charge in [-0.15, -0.1) is 0 Å². The van der Waals surface area contributed by atoms with Crippen LogP contribution in [-0.4, -0.2) is 39.6 Å². The van der Waals surface area contributed by atoms with E-state index in [1.165, 1.54) is 42.5 Å². The molecule has 1 heterocycles. The highest BCUT2D eigenvalue weighted by atomic mass is 16.3. The highest BCUT2D eigenvalue weighted by Gasteiger charge is 2.05. The number of rotatable bonds is 13. The molecule has 3 aromatic rings. The first kappa shape index (κ1) is 23.9. The molecule has 0 aliphatic carbocycles. The van der Waals surface area contributed by atoms with Gasteiger partial charge in [-0.05, 0) is 87.1 Å². The van der Waals surface area contributed by atoms with Crippen LogP contribution in [0.4, 0.5) is 0 Å². The quantitative estimate of drug-likeness (QED) is 0.333. The molecule has 170 valence electrons. The SMILES string of the molecule is CCN(CC)CCCCCc1cccc(-c2ccnc(CCCc3ccc(O)cc3)n2)c1. The minimum atomic E-state index is 0.312. The zero-order valence-corrected chi connectivity index (χ0v) is 19.6. The fraction of sp³-hybridized carbons (Fsp3) is 0.429. The highest BCUT2D eigenvalue weighted by molar-refractivity contribution is 5.59. The fourth-order valence-corrected chi connectivity index (χ4v) is 4.06. The van der Waals surface area contributed by atoms with Gasteiger partial charge in [0, 0.05) is 18.2 Å². The Labute approximate surface area is 193 Å². The molecule has 1 N–H and O–H groups in total. The summed E-state index contributed by atoms with van der Waals surface area (Å²) in [7, 11) is 0. The van der Waals surface area contributed by atoms with Crippen LogP contribution in [0.3, 0.4) is 0 Å². The van der Waals surface area contributed by atoms with Gasteiger partial charge in [0.25, 0.3) is 0 Å². The van der Waals surface area contributed by atoms with Crippen molar-refractivity contribution >= 4 is 0 Å². The minimum Gasteiger partial charge on any atom is -0.508 e. The van der Waals surface area contributed by atoms with Crippen molar-refractivity contribution in [2.75, 3.05) is 19.6 Å². The van der Waals surface area contributed by atoms with E-state index in [0.717, 1.165) is 50.3 Å².